The number of aliphatic hydroxyl groups is 2. The molecule has 156 valence electrons. The average molecular weight is 542 g/mol. The van der Waals surface area contributed by atoms with Gasteiger partial charge in [-0.3, -0.25) is 0 Å². The molecule has 0 radical (unpaired) electrons. The van der Waals surface area contributed by atoms with Gasteiger partial charge in [0, 0.05) is 21.1 Å². The van der Waals surface area contributed by atoms with Crippen LogP contribution in [0.3, 0.4) is 0 Å². The summed E-state index contributed by atoms with van der Waals surface area (Å²) in [6.07, 6.45) is 0. The number of halogens is 2. The number of benzene rings is 2. The Labute approximate surface area is 186 Å². The van der Waals surface area contributed by atoms with Crippen LogP contribution in [0.25, 0.3) is 33.4 Å². The fraction of sp³-hybridized carbons (Fsp3) is 0.222. The largest absolute Gasteiger partial charge is 0.463 e. The number of hydrogen-bond donors (Lipinski definition) is 2. The van der Waals surface area contributed by atoms with E-state index >= 15 is 0 Å². The molecule has 2 aromatic carbocycles. The van der Waals surface area contributed by atoms with E-state index in [4.69, 9.17) is 29.2 Å². The number of aromatic nitrogens is 4. The lowest BCUT2D eigenvalue weighted by Gasteiger charge is -2.13. The highest BCUT2D eigenvalue weighted by molar-refractivity contribution is 9.13. The number of hydrogen-bond acceptors (Lipinski definition) is 10. The van der Waals surface area contributed by atoms with Crippen molar-refractivity contribution >= 4 is 65.2 Å². The lowest BCUT2D eigenvalue weighted by atomic mass is 10.2. The molecule has 2 N–H and O–H groups in total. The van der Waals surface area contributed by atoms with Crippen LogP contribution < -0.4 is 9.47 Å². The molecular formula is C18H14Br2N4O6. The summed E-state index contributed by atoms with van der Waals surface area (Å²) in [7, 11) is 0. The highest BCUT2D eigenvalue weighted by atomic mass is 79.9. The summed E-state index contributed by atoms with van der Waals surface area (Å²) < 4.78 is 22.3. The van der Waals surface area contributed by atoms with Gasteiger partial charge in [0.05, 0.1) is 22.1 Å². The number of rotatable bonds is 8. The molecule has 12 heteroatoms. The molecule has 0 bridgehead atoms. The number of ether oxygens (including phenoxy) is 4. The first kappa shape index (κ1) is 21.0. The fourth-order valence-corrected chi connectivity index (χ4v) is 3.30. The normalized spacial score (nSPS) is 11.5. The SMILES string of the molecule is OCOCOc1cc2nc3nc4cc(Br)c(Br)cc4nc3nc2cc1OCOCO. The first-order valence-corrected chi connectivity index (χ1v) is 10.1. The molecule has 0 fully saturated rings. The molecule has 30 heavy (non-hydrogen) atoms. The predicted molar refractivity (Wildman–Crippen MR) is 113 cm³/mol. The summed E-state index contributed by atoms with van der Waals surface area (Å²) in [5, 5.41) is 17.6. The van der Waals surface area contributed by atoms with Gasteiger partial charge in [0.25, 0.3) is 0 Å². The standard InChI is InChI=1S/C18H14Br2N4O6/c19-9-1-11-12(2-10(9)20)22-18-17(21-11)23-13-3-15(29-7-27-5-25)16(4-14(13)24-18)30-8-28-6-26/h1-4,25-26H,5-8H2. The third-order valence-corrected chi connectivity index (χ3v) is 5.79. The van der Waals surface area contributed by atoms with Crippen LogP contribution in [0.1, 0.15) is 0 Å². The second kappa shape index (κ2) is 9.29. The van der Waals surface area contributed by atoms with Crippen LogP contribution in [0.5, 0.6) is 11.5 Å². The van der Waals surface area contributed by atoms with Crippen molar-refractivity contribution in [2.24, 2.45) is 0 Å². The Balaban J connectivity index is 1.82. The highest BCUT2D eigenvalue weighted by Gasteiger charge is 2.14. The van der Waals surface area contributed by atoms with Crippen LogP contribution in [0.4, 0.5) is 0 Å². The zero-order valence-corrected chi connectivity index (χ0v) is 18.4. The first-order valence-electron chi connectivity index (χ1n) is 8.50. The van der Waals surface area contributed by atoms with Crippen molar-refractivity contribution in [3.05, 3.63) is 33.2 Å². The fourth-order valence-electron chi connectivity index (χ4n) is 2.64. The van der Waals surface area contributed by atoms with Gasteiger partial charge in [0.1, 0.15) is 13.6 Å². The lowest BCUT2D eigenvalue weighted by Crippen LogP contribution is -2.08. The molecule has 0 aliphatic heterocycles. The van der Waals surface area contributed by atoms with E-state index in [-0.39, 0.29) is 13.6 Å². The molecule has 4 rings (SSSR count). The minimum absolute atomic E-state index is 0.201. The second-order valence-corrected chi connectivity index (χ2v) is 7.54. The van der Waals surface area contributed by atoms with Crippen molar-refractivity contribution in [3.63, 3.8) is 0 Å². The number of nitrogens with zero attached hydrogens (tertiary/aromatic N) is 4. The van der Waals surface area contributed by atoms with E-state index in [0.717, 1.165) is 8.95 Å². The monoisotopic (exact) mass is 540 g/mol. The van der Waals surface area contributed by atoms with Gasteiger partial charge in [-0.1, -0.05) is 0 Å². The maximum atomic E-state index is 8.78. The number of aliphatic hydroxyl groups excluding tert-OH is 2. The van der Waals surface area contributed by atoms with E-state index in [1.54, 1.807) is 12.1 Å². The van der Waals surface area contributed by atoms with Crippen LogP contribution in [0, 0.1) is 0 Å². The molecule has 0 aliphatic rings. The molecule has 0 unspecified atom stereocenters. The Hall–Kier alpha value is -2.22. The molecule has 0 spiro atoms. The molecule has 2 aromatic heterocycles. The molecule has 10 nitrogen and oxygen atoms in total. The molecule has 4 aromatic rings. The molecular weight excluding hydrogens is 528 g/mol. The summed E-state index contributed by atoms with van der Waals surface area (Å²) in [6.45, 7) is -1.38. The van der Waals surface area contributed by atoms with Gasteiger partial charge in [-0.05, 0) is 44.0 Å². The van der Waals surface area contributed by atoms with Gasteiger partial charge >= 0.3 is 0 Å². The molecule has 0 saturated heterocycles. The Bertz CT molecular complexity index is 1130. The quantitative estimate of drug-likeness (QED) is 0.195. The van der Waals surface area contributed by atoms with Gasteiger partial charge in [-0.25, -0.2) is 19.9 Å². The maximum absolute atomic E-state index is 8.78. The van der Waals surface area contributed by atoms with Gasteiger partial charge in [0.15, 0.2) is 36.4 Å². The molecule has 0 amide bonds. The van der Waals surface area contributed by atoms with Crippen LogP contribution in [-0.2, 0) is 9.47 Å². The molecule has 0 aliphatic carbocycles. The van der Waals surface area contributed by atoms with Gasteiger partial charge in [0.2, 0.25) is 0 Å². The maximum Gasteiger partial charge on any atom is 0.199 e. The van der Waals surface area contributed by atoms with E-state index in [0.29, 0.717) is 44.9 Å². The van der Waals surface area contributed by atoms with Crippen molar-refractivity contribution in [2.75, 3.05) is 27.2 Å². The molecule has 0 atom stereocenters. The summed E-state index contributed by atoms with van der Waals surface area (Å²) >= 11 is 6.91. The van der Waals surface area contributed by atoms with Crippen LogP contribution in [0.2, 0.25) is 0 Å². The van der Waals surface area contributed by atoms with E-state index in [1.165, 1.54) is 0 Å². The van der Waals surface area contributed by atoms with Crippen LogP contribution in [0.15, 0.2) is 33.2 Å². The van der Waals surface area contributed by atoms with Crippen molar-refractivity contribution < 1.29 is 29.2 Å². The average Bonchev–Trinajstić information content (AvgIpc) is 2.72. The smallest absolute Gasteiger partial charge is 0.199 e. The predicted octanol–water partition coefficient (Wildman–Crippen LogP) is 2.86. The van der Waals surface area contributed by atoms with Gasteiger partial charge in [-0.2, -0.15) is 0 Å². The van der Waals surface area contributed by atoms with Crippen molar-refractivity contribution in [2.45, 2.75) is 0 Å². The molecule has 0 saturated carbocycles. The minimum Gasteiger partial charge on any atom is -0.463 e. The second-order valence-electron chi connectivity index (χ2n) is 5.83. The summed E-state index contributed by atoms with van der Waals surface area (Å²) in [5.74, 6) is 0.595. The van der Waals surface area contributed by atoms with Crippen molar-refractivity contribution in [3.8, 4) is 11.5 Å². The zero-order chi connectivity index (χ0) is 21.1. The Kier molecular flexibility index (Phi) is 6.51. The van der Waals surface area contributed by atoms with Gasteiger partial charge in [-0.15, -0.1) is 0 Å². The summed E-state index contributed by atoms with van der Waals surface area (Å²) in [5.41, 5.74) is 3.09. The number of fused-ring (bicyclic) bond motifs is 3. The third kappa shape index (κ3) is 4.43. The van der Waals surface area contributed by atoms with Crippen LogP contribution >= 0.6 is 31.9 Å². The first-order chi connectivity index (χ1) is 14.6. The Morgan fingerprint density at radius 2 is 1.00 bits per heavy atom. The van der Waals surface area contributed by atoms with Crippen molar-refractivity contribution in [1.29, 1.82) is 0 Å². The summed E-state index contributed by atoms with van der Waals surface area (Å²) in [6, 6.07) is 6.91. The van der Waals surface area contributed by atoms with E-state index < -0.39 is 13.6 Å². The van der Waals surface area contributed by atoms with E-state index in [1.807, 2.05) is 12.1 Å². The molecule has 2 heterocycles. The zero-order valence-electron chi connectivity index (χ0n) is 15.2. The third-order valence-electron chi connectivity index (χ3n) is 3.94. The lowest BCUT2D eigenvalue weighted by molar-refractivity contribution is -0.0744. The van der Waals surface area contributed by atoms with Crippen molar-refractivity contribution in [1.82, 2.24) is 19.9 Å². The Morgan fingerprint density at radius 3 is 1.37 bits per heavy atom. The topological polar surface area (TPSA) is 129 Å². The van der Waals surface area contributed by atoms with Gasteiger partial charge < -0.3 is 29.2 Å². The minimum atomic E-state index is -0.490. The van der Waals surface area contributed by atoms with E-state index in [2.05, 4.69) is 51.8 Å². The highest BCUT2D eigenvalue weighted by Crippen LogP contribution is 2.33. The summed E-state index contributed by atoms with van der Waals surface area (Å²) in [4.78, 5) is 18.2. The Morgan fingerprint density at radius 1 is 0.633 bits per heavy atom. The van der Waals surface area contributed by atoms with E-state index in [9.17, 15) is 0 Å². The van der Waals surface area contributed by atoms with Crippen LogP contribution in [-0.4, -0.2) is 57.3 Å².